The molecule has 24 heavy (non-hydrogen) atoms. The second-order valence-electron chi connectivity index (χ2n) is 5.40. The highest BCUT2D eigenvalue weighted by molar-refractivity contribution is 5.83. The van der Waals surface area contributed by atoms with Gasteiger partial charge in [0.2, 0.25) is 5.91 Å². The number of hydrogen-bond donors (Lipinski definition) is 1. The van der Waals surface area contributed by atoms with Crippen molar-refractivity contribution in [3.8, 4) is 5.75 Å². The Morgan fingerprint density at radius 1 is 1.00 bits per heavy atom. The molecule has 0 saturated carbocycles. The van der Waals surface area contributed by atoms with E-state index in [4.69, 9.17) is 9.47 Å². The Balaban J connectivity index is 1.95. The van der Waals surface area contributed by atoms with Crippen LogP contribution in [0.2, 0.25) is 0 Å². The number of nitrogens with one attached hydrogen (secondary N) is 1. The fourth-order valence-electron chi connectivity index (χ4n) is 2.28. The molecule has 126 valence electrons. The molecule has 2 aromatic carbocycles. The molecule has 5 nitrogen and oxygen atoms in total. The standard InChI is InChI=1S/C19H21NO4/c1-14(21)20-18(19(22)23-2)12-15-8-10-17(11-9-15)24-13-16-6-4-3-5-7-16/h3-11,18H,12-13H2,1-2H3,(H,20,21)/t18-/m1/s1. The van der Waals surface area contributed by atoms with Gasteiger partial charge in [0, 0.05) is 13.3 Å². The summed E-state index contributed by atoms with van der Waals surface area (Å²) in [5.74, 6) is 0.0135. The zero-order valence-corrected chi connectivity index (χ0v) is 13.8. The maximum absolute atomic E-state index is 11.7. The molecule has 0 aliphatic rings. The number of hydrogen-bond acceptors (Lipinski definition) is 4. The van der Waals surface area contributed by atoms with Gasteiger partial charge in [-0.2, -0.15) is 0 Å². The highest BCUT2D eigenvalue weighted by atomic mass is 16.5. The van der Waals surface area contributed by atoms with Crippen LogP contribution < -0.4 is 10.1 Å². The maximum atomic E-state index is 11.7. The normalized spacial score (nSPS) is 11.4. The third-order valence-corrected chi connectivity index (χ3v) is 3.47. The fraction of sp³-hybridized carbons (Fsp3) is 0.263. The first-order chi connectivity index (χ1) is 11.6. The average molecular weight is 327 g/mol. The van der Waals surface area contributed by atoms with Gasteiger partial charge < -0.3 is 14.8 Å². The van der Waals surface area contributed by atoms with Crippen molar-refractivity contribution in [1.29, 1.82) is 0 Å². The van der Waals surface area contributed by atoms with Crippen molar-refractivity contribution in [3.63, 3.8) is 0 Å². The maximum Gasteiger partial charge on any atom is 0.328 e. The predicted molar refractivity (Wildman–Crippen MR) is 90.5 cm³/mol. The van der Waals surface area contributed by atoms with E-state index >= 15 is 0 Å². The summed E-state index contributed by atoms with van der Waals surface area (Å²) in [6.45, 7) is 1.87. The first-order valence-electron chi connectivity index (χ1n) is 7.69. The molecule has 5 heteroatoms. The molecule has 2 rings (SSSR count). The van der Waals surface area contributed by atoms with E-state index < -0.39 is 12.0 Å². The number of amides is 1. The monoisotopic (exact) mass is 327 g/mol. The van der Waals surface area contributed by atoms with E-state index in [1.807, 2.05) is 54.6 Å². The lowest BCUT2D eigenvalue weighted by atomic mass is 10.1. The molecule has 0 saturated heterocycles. The molecule has 1 N–H and O–H groups in total. The van der Waals surface area contributed by atoms with Crippen molar-refractivity contribution in [1.82, 2.24) is 5.32 Å². The summed E-state index contributed by atoms with van der Waals surface area (Å²) in [6.07, 6.45) is 0.366. The molecule has 0 radical (unpaired) electrons. The Labute approximate surface area is 141 Å². The van der Waals surface area contributed by atoms with Crippen LogP contribution in [0, 0.1) is 0 Å². The van der Waals surface area contributed by atoms with E-state index in [2.05, 4.69) is 5.32 Å². The van der Waals surface area contributed by atoms with Gasteiger partial charge >= 0.3 is 5.97 Å². The fourth-order valence-corrected chi connectivity index (χ4v) is 2.28. The number of carbonyl (C=O) groups is 2. The van der Waals surface area contributed by atoms with Gasteiger partial charge in [-0.25, -0.2) is 4.79 Å². The second-order valence-corrected chi connectivity index (χ2v) is 5.40. The lowest BCUT2D eigenvalue weighted by molar-refractivity contribution is -0.144. The van der Waals surface area contributed by atoms with E-state index in [1.54, 1.807) is 0 Å². The summed E-state index contributed by atoms with van der Waals surface area (Å²) in [6, 6.07) is 16.7. The number of carbonyl (C=O) groups excluding carboxylic acids is 2. The van der Waals surface area contributed by atoms with Gasteiger partial charge in [-0.1, -0.05) is 42.5 Å². The molecule has 0 unspecified atom stereocenters. The van der Waals surface area contributed by atoms with Crippen LogP contribution in [-0.2, 0) is 27.4 Å². The summed E-state index contributed by atoms with van der Waals surface area (Å²) in [4.78, 5) is 22.9. The van der Waals surface area contributed by atoms with Gasteiger partial charge in [-0.3, -0.25) is 4.79 Å². The van der Waals surface area contributed by atoms with E-state index in [0.717, 1.165) is 16.9 Å². The van der Waals surface area contributed by atoms with E-state index in [0.29, 0.717) is 13.0 Å². The number of rotatable bonds is 7. The Morgan fingerprint density at radius 2 is 1.67 bits per heavy atom. The smallest absolute Gasteiger partial charge is 0.328 e. The van der Waals surface area contributed by atoms with Crippen molar-refractivity contribution < 1.29 is 19.1 Å². The molecule has 0 spiro atoms. The molecular weight excluding hydrogens is 306 g/mol. The van der Waals surface area contributed by atoms with Gasteiger partial charge in [0.25, 0.3) is 0 Å². The van der Waals surface area contributed by atoms with Crippen LogP contribution in [0.25, 0.3) is 0 Å². The third-order valence-electron chi connectivity index (χ3n) is 3.47. The van der Waals surface area contributed by atoms with Crippen molar-refractivity contribution in [3.05, 3.63) is 65.7 Å². The molecular formula is C19H21NO4. The zero-order chi connectivity index (χ0) is 17.4. The average Bonchev–Trinajstić information content (AvgIpc) is 2.60. The van der Waals surface area contributed by atoms with Crippen molar-refractivity contribution in [2.75, 3.05) is 7.11 Å². The van der Waals surface area contributed by atoms with Crippen LogP contribution in [0.1, 0.15) is 18.1 Å². The highest BCUT2D eigenvalue weighted by Crippen LogP contribution is 2.15. The van der Waals surface area contributed by atoms with Crippen LogP contribution in [0.15, 0.2) is 54.6 Å². The molecule has 0 aliphatic carbocycles. The minimum absolute atomic E-state index is 0.270. The molecule has 0 heterocycles. The molecule has 0 bridgehead atoms. The quantitative estimate of drug-likeness (QED) is 0.794. The SMILES string of the molecule is COC(=O)[C@@H](Cc1ccc(OCc2ccccc2)cc1)NC(C)=O. The second kappa shape index (κ2) is 8.72. The van der Waals surface area contributed by atoms with Gasteiger partial charge in [0.05, 0.1) is 7.11 Å². The number of ether oxygens (including phenoxy) is 2. The largest absolute Gasteiger partial charge is 0.489 e. The number of esters is 1. The van der Waals surface area contributed by atoms with E-state index in [-0.39, 0.29) is 5.91 Å². The summed E-state index contributed by atoms with van der Waals surface area (Å²) < 4.78 is 10.4. The van der Waals surface area contributed by atoms with Crippen LogP contribution >= 0.6 is 0 Å². The summed E-state index contributed by atoms with van der Waals surface area (Å²) in [5, 5.41) is 2.60. The zero-order valence-electron chi connectivity index (χ0n) is 13.8. The Morgan fingerprint density at radius 3 is 2.25 bits per heavy atom. The minimum atomic E-state index is -0.691. The van der Waals surface area contributed by atoms with Crippen molar-refractivity contribution in [2.24, 2.45) is 0 Å². The minimum Gasteiger partial charge on any atom is -0.489 e. The first kappa shape index (κ1) is 17.5. The lowest BCUT2D eigenvalue weighted by Gasteiger charge is -2.15. The molecule has 2 aromatic rings. The lowest BCUT2D eigenvalue weighted by Crippen LogP contribution is -2.41. The number of methoxy groups -OCH3 is 1. The van der Waals surface area contributed by atoms with Crippen LogP contribution in [0.4, 0.5) is 0 Å². The summed E-state index contributed by atoms with van der Waals surface area (Å²) in [7, 11) is 1.30. The summed E-state index contributed by atoms with van der Waals surface area (Å²) >= 11 is 0. The van der Waals surface area contributed by atoms with Crippen LogP contribution in [-0.4, -0.2) is 25.0 Å². The molecule has 0 fully saturated rings. The van der Waals surface area contributed by atoms with Gasteiger partial charge in [-0.15, -0.1) is 0 Å². The Hall–Kier alpha value is -2.82. The van der Waals surface area contributed by atoms with Gasteiger partial charge in [0.15, 0.2) is 0 Å². The molecule has 0 aromatic heterocycles. The van der Waals surface area contributed by atoms with Crippen LogP contribution in [0.5, 0.6) is 5.75 Å². The Kier molecular flexibility index (Phi) is 6.37. The van der Waals surface area contributed by atoms with Crippen molar-refractivity contribution in [2.45, 2.75) is 26.0 Å². The first-order valence-corrected chi connectivity index (χ1v) is 7.69. The highest BCUT2D eigenvalue weighted by Gasteiger charge is 2.20. The summed E-state index contributed by atoms with van der Waals surface area (Å²) in [5.41, 5.74) is 2.00. The molecule has 0 aliphatic heterocycles. The predicted octanol–water partition coefficient (Wildman–Crippen LogP) is 2.49. The topological polar surface area (TPSA) is 64.6 Å². The Bertz CT molecular complexity index is 668. The van der Waals surface area contributed by atoms with Gasteiger partial charge in [0.1, 0.15) is 18.4 Å². The third kappa shape index (κ3) is 5.43. The molecule has 1 amide bonds. The molecule has 1 atom stereocenters. The number of benzene rings is 2. The van der Waals surface area contributed by atoms with E-state index in [1.165, 1.54) is 14.0 Å². The van der Waals surface area contributed by atoms with Crippen molar-refractivity contribution >= 4 is 11.9 Å². The van der Waals surface area contributed by atoms with E-state index in [9.17, 15) is 9.59 Å². The van der Waals surface area contributed by atoms with Gasteiger partial charge in [-0.05, 0) is 23.3 Å². The van der Waals surface area contributed by atoms with Crippen LogP contribution in [0.3, 0.4) is 0 Å².